The van der Waals surface area contributed by atoms with E-state index in [1.165, 1.54) is 0 Å². The molecule has 1 aromatic rings. The summed E-state index contributed by atoms with van der Waals surface area (Å²) >= 11 is 3.37. The number of ether oxygens (including phenoxy) is 1. The second kappa shape index (κ2) is 8.11. The Labute approximate surface area is 116 Å². The van der Waals surface area contributed by atoms with Crippen LogP contribution in [0.15, 0.2) is 28.7 Å². The largest absolute Gasteiger partial charge is 0.489 e. The van der Waals surface area contributed by atoms with E-state index in [9.17, 15) is 4.79 Å². The van der Waals surface area contributed by atoms with Gasteiger partial charge < -0.3 is 15.4 Å². The Balaban J connectivity index is 2.27. The van der Waals surface area contributed by atoms with Crippen LogP contribution in [0.25, 0.3) is 0 Å². The molecule has 0 saturated carbocycles. The molecule has 0 spiro atoms. The normalized spacial score (nSPS) is 11.9. The van der Waals surface area contributed by atoms with E-state index in [0.29, 0.717) is 19.5 Å². The first kappa shape index (κ1) is 15.0. The zero-order valence-electron chi connectivity index (χ0n) is 10.7. The molecule has 0 saturated heterocycles. The maximum absolute atomic E-state index is 11.4. The fraction of sp³-hybridized carbons (Fsp3) is 0.462. The maximum Gasteiger partial charge on any atom is 0.221 e. The number of carbonyl (C=O) groups is 1. The molecule has 1 atom stereocenters. The van der Waals surface area contributed by atoms with Gasteiger partial charge in [-0.05, 0) is 38.2 Å². The molecule has 0 fully saturated rings. The van der Waals surface area contributed by atoms with E-state index in [2.05, 4.69) is 26.6 Å². The lowest BCUT2D eigenvalue weighted by Crippen LogP contribution is -2.34. The Morgan fingerprint density at radius 1 is 1.39 bits per heavy atom. The smallest absolute Gasteiger partial charge is 0.221 e. The number of hydrogen-bond acceptors (Lipinski definition) is 3. The van der Waals surface area contributed by atoms with Crippen LogP contribution >= 0.6 is 15.9 Å². The molecule has 4 nitrogen and oxygen atoms in total. The Morgan fingerprint density at radius 3 is 2.67 bits per heavy atom. The van der Waals surface area contributed by atoms with Crippen LogP contribution < -0.4 is 15.4 Å². The molecule has 0 bridgehead atoms. The van der Waals surface area contributed by atoms with E-state index in [1.807, 2.05) is 38.2 Å². The van der Waals surface area contributed by atoms with Crippen LogP contribution in [-0.4, -0.2) is 32.1 Å². The predicted molar refractivity (Wildman–Crippen MR) is 75.8 cm³/mol. The molecular weight excluding hydrogens is 296 g/mol. The van der Waals surface area contributed by atoms with Crippen LogP contribution in [0.5, 0.6) is 5.75 Å². The van der Waals surface area contributed by atoms with E-state index in [1.54, 1.807) is 0 Å². The van der Waals surface area contributed by atoms with Gasteiger partial charge in [-0.2, -0.15) is 0 Å². The van der Waals surface area contributed by atoms with Gasteiger partial charge >= 0.3 is 0 Å². The van der Waals surface area contributed by atoms with E-state index >= 15 is 0 Å². The molecule has 1 unspecified atom stereocenters. The third-order valence-electron chi connectivity index (χ3n) is 2.34. The topological polar surface area (TPSA) is 50.4 Å². The molecule has 5 heteroatoms. The first-order chi connectivity index (χ1) is 8.61. The summed E-state index contributed by atoms with van der Waals surface area (Å²) < 4.78 is 6.69. The molecule has 1 amide bonds. The van der Waals surface area contributed by atoms with Gasteiger partial charge in [-0.15, -0.1) is 0 Å². The van der Waals surface area contributed by atoms with Crippen molar-refractivity contribution in [3.8, 4) is 5.75 Å². The Kier molecular flexibility index (Phi) is 6.75. The summed E-state index contributed by atoms with van der Waals surface area (Å²) in [7, 11) is 1.83. The summed E-state index contributed by atoms with van der Waals surface area (Å²) in [5, 5.41) is 5.77. The van der Waals surface area contributed by atoms with Crippen molar-refractivity contribution in [3.63, 3.8) is 0 Å². The molecule has 2 N–H and O–H groups in total. The third-order valence-corrected chi connectivity index (χ3v) is 2.87. The number of nitrogens with one attached hydrogen (secondary N) is 2. The van der Waals surface area contributed by atoms with Crippen molar-refractivity contribution in [3.05, 3.63) is 28.7 Å². The lowest BCUT2D eigenvalue weighted by molar-refractivity contribution is -0.121. The molecule has 18 heavy (non-hydrogen) atoms. The summed E-state index contributed by atoms with van der Waals surface area (Å²) in [4.78, 5) is 11.4. The lowest BCUT2D eigenvalue weighted by atomic mass is 10.3. The SMILES string of the molecule is CNCCC(=O)NCC(C)Oc1ccc(Br)cc1. The minimum atomic E-state index is -0.0512. The quantitative estimate of drug-likeness (QED) is 0.808. The van der Waals surface area contributed by atoms with Gasteiger partial charge in [-0.25, -0.2) is 0 Å². The van der Waals surface area contributed by atoms with Crippen molar-refractivity contribution in [2.24, 2.45) is 0 Å². The molecule has 0 aliphatic rings. The van der Waals surface area contributed by atoms with E-state index < -0.39 is 0 Å². The fourth-order valence-corrected chi connectivity index (χ4v) is 1.64. The fourth-order valence-electron chi connectivity index (χ4n) is 1.37. The summed E-state index contributed by atoms with van der Waals surface area (Å²) in [5.74, 6) is 0.839. The van der Waals surface area contributed by atoms with Crippen LogP contribution in [0.1, 0.15) is 13.3 Å². The van der Waals surface area contributed by atoms with Crippen molar-refractivity contribution in [1.29, 1.82) is 0 Å². The molecule has 0 heterocycles. The summed E-state index contributed by atoms with van der Waals surface area (Å²) in [5.41, 5.74) is 0. The highest BCUT2D eigenvalue weighted by Crippen LogP contribution is 2.17. The number of rotatable bonds is 7. The predicted octanol–water partition coefficient (Wildman–Crippen LogP) is 1.94. The molecule has 1 aromatic carbocycles. The van der Waals surface area contributed by atoms with Crippen LogP contribution in [0, 0.1) is 0 Å². The van der Waals surface area contributed by atoms with Crippen molar-refractivity contribution in [2.45, 2.75) is 19.4 Å². The third kappa shape index (κ3) is 6.02. The van der Waals surface area contributed by atoms with Crippen molar-refractivity contribution < 1.29 is 9.53 Å². The minimum absolute atomic E-state index is 0.0376. The molecule has 0 aromatic heterocycles. The molecule has 1 rings (SSSR count). The molecule has 0 aliphatic carbocycles. The second-order valence-corrected chi connectivity index (χ2v) is 4.96. The number of hydrogen-bond donors (Lipinski definition) is 2. The first-order valence-corrected chi connectivity index (χ1v) is 6.74. The van der Waals surface area contributed by atoms with Gasteiger partial charge in [0.2, 0.25) is 5.91 Å². The van der Waals surface area contributed by atoms with Gasteiger partial charge in [0, 0.05) is 17.4 Å². The van der Waals surface area contributed by atoms with Gasteiger partial charge in [0.05, 0.1) is 6.54 Å². The van der Waals surface area contributed by atoms with Crippen molar-refractivity contribution in [1.82, 2.24) is 10.6 Å². The van der Waals surface area contributed by atoms with Crippen molar-refractivity contribution in [2.75, 3.05) is 20.1 Å². The average Bonchev–Trinajstić information content (AvgIpc) is 2.36. The number of amides is 1. The number of benzene rings is 1. The monoisotopic (exact) mass is 314 g/mol. The van der Waals surface area contributed by atoms with Gasteiger partial charge in [0.25, 0.3) is 0 Å². The van der Waals surface area contributed by atoms with Crippen LogP contribution in [0.2, 0.25) is 0 Å². The maximum atomic E-state index is 11.4. The summed E-state index contributed by atoms with van der Waals surface area (Å²) in [6.45, 7) is 3.13. The van der Waals surface area contributed by atoms with Crippen LogP contribution in [0.3, 0.4) is 0 Å². The van der Waals surface area contributed by atoms with Gasteiger partial charge in [0.1, 0.15) is 11.9 Å². The molecular formula is C13H19BrN2O2. The Hall–Kier alpha value is -1.07. The number of halogens is 1. The summed E-state index contributed by atoms with van der Waals surface area (Å²) in [6.07, 6.45) is 0.436. The molecule has 100 valence electrons. The standard InChI is InChI=1S/C13H19BrN2O2/c1-10(9-16-13(17)7-8-15-2)18-12-5-3-11(14)4-6-12/h3-6,10,15H,7-9H2,1-2H3,(H,16,17). The van der Waals surface area contributed by atoms with E-state index in [0.717, 1.165) is 10.2 Å². The van der Waals surface area contributed by atoms with E-state index in [-0.39, 0.29) is 12.0 Å². The molecule has 0 aliphatic heterocycles. The Bertz CT molecular complexity index is 368. The lowest BCUT2D eigenvalue weighted by Gasteiger charge is -2.15. The highest BCUT2D eigenvalue weighted by Gasteiger charge is 2.06. The van der Waals surface area contributed by atoms with Crippen molar-refractivity contribution >= 4 is 21.8 Å². The highest BCUT2D eigenvalue weighted by atomic mass is 79.9. The Morgan fingerprint density at radius 2 is 2.06 bits per heavy atom. The second-order valence-electron chi connectivity index (χ2n) is 4.04. The highest BCUT2D eigenvalue weighted by molar-refractivity contribution is 9.10. The van der Waals surface area contributed by atoms with Gasteiger partial charge in [-0.3, -0.25) is 4.79 Å². The van der Waals surface area contributed by atoms with E-state index in [4.69, 9.17) is 4.74 Å². The first-order valence-electron chi connectivity index (χ1n) is 5.95. The zero-order valence-corrected chi connectivity index (χ0v) is 12.3. The van der Waals surface area contributed by atoms with Gasteiger partial charge in [-0.1, -0.05) is 15.9 Å². The minimum Gasteiger partial charge on any atom is -0.489 e. The van der Waals surface area contributed by atoms with Gasteiger partial charge in [0.15, 0.2) is 0 Å². The van der Waals surface area contributed by atoms with Crippen LogP contribution in [-0.2, 0) is 4.79 Å². The average molecular weight is 315 g/mol. The van der Waals surface area contributed by atoms with Crippen LogP contribution in [0.4, 0.5) is 0 Å². The zero-order chi connectivity index (χ0) is 13.4. The number of carbonyl (C=O) groups excluding carboxylic acids is 1. The summed E-state index contributed by atoms with van der Waals surface area (Å²) in [6, 6.07) is 7.63. The molecule has 0 radical (unpaired) electrons.